The number of anilines is 1. The van der Waals surface area contributed by atoms with E-state index in [4.69, 9.17) is 15.7 Å². The number of benzene rings is 2. The number of aryl methyl sites for hydroxylation is 1. The number of fused-ring (bicyclic) bond motifs is 1. The van der Waals surface area contributed by atoms with Gasteiger partial charge in [-0.3, -0.25) is 0 Å². The van der Waals surface area contributed by atoms with Crippen LogP contribution in [0.15, 0.2) is 48.5 Å². The molecular formula is C25H30N4. The summed E-state index contributed by atoms with van der Waals surface area (Å²) < 4.78 is 0. The summed E-state index contributed by atoms with van der Waals surface area (Å²) in [6, 6.07) is 16.6. The van der Waals surface area contributed by atoms with Gasteiger partial charge in [0.2, 0.25) is 0 Å². The number of rotatable bonds is 6. The van der Waals surface area contributed by atoms with Crippen molar-refractivity contribution in [3.05, 3.63) is 65.5 Å². The molecule has 1 aliphatic rings. The average Bonchev–Trinajstić information content (AvgIpc) is 2.77. The summed E-state index contributed by atoms with van der Waals surface area (Å²) >= 11 is 0. The highest BCUT2D eigenvalue weighted by molar-refractivity contribution is 5.90. The lowest BCUT2D eigenvalue weighted by atomic mass is 9.81. The van der Waals surface area contributed by atoms with Crippen molar-refractivity contribution in [1.29, 1.82) is 0 Å². The molecule has 3 N–H and O–H groups in total. The fourth-order valence-corrected chi connectivity index (χ4v) is 4.28. The van der Waals surface area contributed by atoms with E-state index in [9.17, 15) is 0 Å². The van der Waals surface area contributed by atoms with Crippen molar-refractivity contribution in [2.75, 3.05) is 18.4 Å². The van der Waals surface area contributed by atoms with Crippen molar-refractivity contribution < 1.29 is 0 Å². The van der Waals surface area contributed by atoms with Gasteiger partial charge in [-0.1, -0.05) is 48.9 Å². The van der Waals surface area contributed by atoms with Gasteiger partial charge < -0.3 is 11.1 Å². The lowest BCUT2D eigenvalue weighted by Crippen LogP contribution is -2.26. The van der Waals surface area contributed by atoms with E-state index in [1.54, 1.807) is 0 Å². The number of hydrogen-bond donors (Lipinski definition) is 2. The third-order valence-electron chi connectivity index (χ3n) is 6.00. The largest absolute Gasteiger partial charge is 0.369 e. The van der Waals surface area contributed by atoms with Gasteiger partial charge in [0.05, 0.1) is 5.52 Å². The first-order valence-electron chi connectivity index (χ1n) is 10.7. The van der Waals surface area contributed by atoms with E-state index < -0.39 is 0 Å². The van der Waals surface area contributed by atoms with Crippen molar-refractivity contribution in [1.82, 2.24) is 9.97 Å². The molecule has 0 amide bonds. The number of hydrogen-bond acceptors (Lipinski definition) is 4. The normalized spacial score (nSPS) is 19.7. The van der Waals surface area contributed by atoms with Gasteiger partial charge in [0.15, 0.2) is 5.82 Å². The Kier molecular flexibility index (Phi) is 6.20. The Morgan fingerprint density at radius 1 is 1.00 bits per heavy atom. The van der Waals surface area contributed by atoms with Crippen LogP contribution in [0, 0.1) is 18.8 Å². The van der Waals surface area contributed by atoms with E-state index in [-0.39, 0.29) is 0 Å². The molecule has 1 heterocycles. The number of nitrogens with two attached hydrogens (primary N) is 1. The van der Waals surface area contributed by atoms with E-state index in [0.717, 1.165) is 35.6 Å². The number of nitrogens with zero attached hydrogens (tertiary/aromatic N) is 2. The fraction of sp³-hybridized carbons (Fsp3) is 0.360. The molecule has 150 valence electrons. The van der Waals surface area contributed by atoms with Crippen molar-refractivity contribution in [3.63, 3.8) is 0 Å². The zero-order valence-electron chi connectivity index (χ0n) is 17.1. The highest BCUT2D eigenvalue weighted by Crippen LogP contribution is 2.29. The van der Waals surface area contributed by atoms with Crippen molar-refractivity contribution in [2.45, 2.75) is 32.6 Å². The second-order valence-electron chi connectivity index (χ2n) is 8.15. The molecule has 3 aromatic rings. The van der Waals surface area contributed by atoms with Crippen LogP contribution in [0.4, 0.5) is 5.82 Å². The Bertz CT molecular complexity index is 995. The molecule has 2 aromatic carbocycles. The van der Waals surface area contributed by atoms with Gasteiger partial charge in [0, 0.05) is 11.9 Å². The van der Waals surface area contributed by atoms with Crippen molar-refractivity contribution >= 4 is 28.9 Å². The molecule has 0 radical (unpaired) electrons. The van der Waals surface area contributed by atoms with Gasteiger partial charge in [0.25, 0.3) is 0 Å². The predicted molar refractivity (Wildman–Crippen MR) is 123 cm³/mol. The zero-order chi connectivity index (χ0) is 20.1. The van der Waals surface area contributed by atoms with Crippen LogP contribution in [-0.2, 0) is 0 Å². The molecule has 2 unspecified atom stereocenters. The van der Waals surface area contributed by atoms with Crippen LogP contribution in [-0.4, -0.2) is 23.1 Å². The minimum atomic E-state index is 0.664. The minimum Gasteiger partial charge on any atom is -0.369 e. The van der Waals surface area contributed by atoms with Gasteiger partial charge >= 0.3 is 0 Å². The Morgan fingerprint density at radius 3 is 2.66 bits per heavy atom. The van der Waals surface area contributed by atoms with Gasteiger partial charge in [-0.15, -0.1) is 0 Å². The topological polar surface area (TPSA) is 63.8 Å². The maximum absolute atomic E-state index is 5.91. The Hall–Kier alpha value is -2.72. The lowest BCUT2D eigenvalue weighted by molar-refractivity contribution is 0.281. The molecule has 29 heavy (non-hydrogen) atoms. The number of nitrogens with one attached hydrogen (secondary N) is 1. The number of aromatic nitrogens is 2. The van der Waals surface area contributed by atoms with Crippen LogP contribution in [0.2, 0.25) is 0 Å². The van der Waals surface area contributed by atoms with E-state index in [1.165, 1.54) is 36.8 Å². The summed E-state index contributed by atoms with van der Waals surface area (Å²) in [5.41, 5.74) is 9.31. The van der Waals surface area contributed by atoms with Crippen molar-refractivity contribution in [2.24, 2.45) is 17.6 Å². The molecule has 4 heteroatoms. The summed E-state index contributed by atoms with van der Waals surface area (Å²) in [6.07, 6.45) is 9.14. The SMILES string of the molecule is Cc1ccccc1/C=C/c1nc(NCC2CCCC(CN)C2)c2ccccc2n1. The third kappa shape index (κ3) is 4.83. The van der Waals surface area contributed by atoms with Crippen LogP contribution in [0.3, 0.4) is 0 Å². The summed E-state index contributed by atoms with van der Waals surface area (Å²) in [4.78, 5) is 9.58. The first-order chi connectivity index (χ1) is 14.2. The molecule has 2 atom stereocenters. The monoisotopic (exact) mass is 386 g/mol. The summed E-state index contributed by atoms with van der Waals surface area (Å²) in [5.74, 6) is 3.00. The molecule has 1 aromatic heterocycles. The zero-order valence-corrected chi connectivity index (χ0v) is 17.1. The highest BCUT2D eigenvalue weighted by Gasteiger charge is 2.21. The molecule has 1 saturated carbocycles. The van der Waals surface area contributed by atoms with Gasteiger partial charge in [-0.25, -0.2) is 9.97 Å². The molecular weight excluding hydrogens is 356 g/mol. The van der Waals surface area contributed by atoms with Crippen LogP contribution in [0.1, 0.15) is 42.6 Å². The minimum absolute atomic E-state index is 0.664. The van der Waals surface area contributed by atoms with E-state index in [1.807, 2.05) is 18.2 Å². The van der Waals surface area contributed by atoms with E-state index >= 15 is 0 Å². The summed E-state index contributed by atoms with van der Waals surface area (Å²) in [6.45, 7) is 3.87. The second-order valence-corrected chi connectivity index (χ2v) is 8.15. The predicted octanol–water partition coefficient (Wildman–Crippen LogP) is 5.29. The first kappa shape index (κ1) is 19.6. The third-order valence-corrected chi connectivity index (χ3v) is 6.00. The van der Waals surface area contributed by atoms with Crippen LogP contribution >= 0.6 is 0 Å². The molecule has 0 aliphatic heterocycles. The first-order valence-corrected chi connectivity index (χ1v) is 10.7. The standard InChI is InChI=1S/C25H30N4/c1-18-7-2-3-10-21(18)13-14-24-28-23-12-5-4-11-22(23)25(29-24)27-17-20-9-6-8-19(15-20)16-26/h2-5,7,10-14,19-20H,6,8-9,15-17,26H2,1H3,(H,27,28,29)/b14-13+. The molecule has 0 saturated heterocycles. The van der Waals surface area contributed by atoms with Crippen molar-refractivity contribution in [3.8, 4) is 0 Å². The molecule has 1 fully saturated rings. The highest BCUT2D eigenvalue weighted by atomic mass is 15.0. The Balaban J connectivity index is 1.57. The maximum Gasteiger partial charge on any atom is 0.154 e. The fourth-order valence-electron chi connectivity index (χ4n) is 4.28. The van der Waals surface area contributed by atoms with Crippen LogP contribution in [0.5, 0.6) is 0 Å². The van der Waals surface area contributed by atoms with Crippen LogP contribution in [0.25, 0.3) is 23.1 Å². The summed E-state index contributed by atoms with van der Waals surface area (Å²) in [5, 5.41) is 4.70. The maximum atomic E-state index is 5.91. The summed E-state index contributed by atoms with van der Waals surface area (Å²) in [7, 11) is 0. The average molecular weight is 387 g/mol. The smallest absolute Gasteiger partial charge is 0.154 e. The second kappa shape index (κ2) is 9.19. The molecule has 0 bridgehead atoms. The van der Waals surface area contributed by atoms with Gasteiger partial charge in [0.1, 0.15) is 5.82 Å². The van der Waals surface area contributed by atoms with Gasteiger partial charge in [-0.05, 0) is 73.9 Å². The number of para-hydroxylation sites is 1. The Morgan fingerprint density at radius 2 is 1.79 bits per heavy atom. The molecule has 4 rings (SSSR count). The Labute approximate surface area is 173 Å². The molecule has 1 aliphatic carbocycles. The quantitative estimate of drug-likeness (QED) is 0.604. The molecule has 0 spiro atoms. The van der Waals surface area contributed by atoms with Crippen LogP contribution < -0.4 is 11.1 Å². The van der Waals surface area contributed by atoms with E-state index in [2.05, 4.69) is 54.7 Å². The lowest BCUT2D eigenvalue weighted by Gasteiger charge is -2.28. The molecule has 4 nitrogen and oxygen atoms in total. The van der Waals surface area contributed by atoms with Gasteiger partial charge in [-0.2, -0.15) is 0 Å². The van der Waals surface area contributed by atoms with E-state index in [0.29, 0.717) is 11.8 Å².